The molecule has 9 rings (SSSR count). The van der Waals surface area contributed by atoms with Crippen molar-refractivity contribution in [1.29, 1.82) is 0 Å². The van der Waals surface area contributed by atoms with E-state index in [9.17, 15) is 0 Å². The van der Waals surface area contributed by atoms with Crippen LogP contribution in [0.25, 0.3) is 82.4 Å². The molecule has 0 saturated heterocycles. The van der Waals surface area contributed by atoms with Crippen molar-refractivity contribution in [1.82, 2.24) is 15.0 Å². The van der Waals surface area contributed by atoms with Gasteiger partial charge in [-0.25, -0.2) is 15.0 Å². The SMILES string of the molecule is C/C=C(/c1nc(-c2ccc3ccccc3c2)nc(-c2ccc3c(ccc4ccc5ccccc5c43)c2)n1)c1c(N)oc2ccccc12. The minimum Gasteiger partial charge on any atom is -0.440 e. The summed E-state index contributed by atoms with van der Waals surface area (Å²) in [6, 6.07) is 46.3. The molecule has 0 aliphatic rings. The Morgan fingerprint density at radius 2 is 1.13 bits per heavy atom. The third-order valence-corrected chi connectivity index (χ3v) is 9.05. The Bertz CT molecular complexity index is 2720. The zero-order chi connectivity index (χ0) is 31.5. The van der Waals surface area contributed by atoms with Gasteiger partial charge in [-0.3, -0.25) is 0 Å². The predicted octanol–water partition coefficient (Wildman–Crippen LogP) is 10.6. The van der Waals surface area contributed by atoms with E-state index in [2.05, 4.69) is 97.1 Å². The zero-order valence-electron chi connectivity index (χ0n) is 25.6. The fraction of sp³-hybridized carbons (Fsp3) is 0.0238. The normalized spacial score (nSPS) is 12.1. The number of rotatable bonds is 4. The van der Waals surface area contributed by atoms with Crippen LogP contribution in [0.5, 0.6) is 0 Å². The molecule has 7 aromatic carbocycles. The molecule has 5 heteroatoms. The van der Waals surface area contributed by atoms with E-state index in [-0.39, 0.29) is 0 Å². The smallest absolute Gasteiger partial charge is 0.199 e. The van der Waals surface area contributed by atoms with Gasteiger partial charge in [-0.1, -0.05) is 121 Å². The summed E-state index contributed by atoms with van der Waals surface area (Å²) in [5, 5.41) is 10.4. The summed E-state index contributed by atoms with van der Waals surface area (Å²) in [6.07, 6.45) is 1.99. The van der Waals surface area contributed by atoms with Gasteiger partial charge >= 0.3 is 0 Å². The van der Waals surface area contributed by atoms with Gasteiger partial charge in [0.25, 0.3) is 0 Å². The van der Waals surface area contributed by atoms with E-state index < -0.39 is 0 Å². The van der Waals surface area contributed by atoms with Crippen molar-refractivity contribution in [3.63, 3.8) is 0 Å². The first-order valence-electron chi connectivity index (χ1n) is 15.7. The van der Waals surface area contributed by atoms with Crippen LogP contribution in [0.4, 0.5) is 5.88 Å². The Labute approximate surface area is 270 Å². The van der Waals surface area contributed by atoms with E-state index in [1.807, 2.05) is 49.4 Å². The highest BCUT2D eigenvalue weighted by molar-refractivity contribution is 6.20. The van der Waals surface area contributed by atoms with E-state index in [0.29, 0.717) is 23.4 Å². The number of hydrogen-bond acceptors (Lipinski definition) is 5. The summed E-state index contributed by atoms with van der Waals surface area (Å²) in [5.41, 5.74) is 10.6. The fourth-order valence-electron chi connectivity index (χ4n) is 6.79. The minimum absolute atomic E-state index is 0.332. The van der Waals surface area contributed by atoms with Gasteiger partial charge in [0.2, 0.25) is 0 Å². The summed E-state index contributed by atoms with van der Waals surface area (Å²) < 4.78 is 5.96. The van der Waals surface area contributed by atoms with E-state index in [1.165, 1.54) is 26.9 Å². The lowest BCUT2D eigenvalue weighted by Crippen LogP contribution is -2.04. The average molecular weight is 605 g/mol. The Hall–Kier alpha value is -6.33. The Morgan fingerprint density at radius 1 is 0.553 bits per heavy atom. The van der Waals surface area contributed by atoms with Crippen LogP contribution < -0.4 is 5.73 Å². The molecule has 0 amide bonds. The van der Waals surface area contributed by atoms with Crippen LogP contribution in [-0.2, 0) is 0 Å². The van der Waals surface area contributed by atoms with Gasteiger partial charge in [0.1, 0.15) is 5.58 Å². The number of furan rings is 1. The topological polar surface area (TPSA) is 77.8 Å². The number of aromatic nitrogens is 3. The quantitative estimate of drug-likeness (QED) is 0.202. The van der Waals surface area contributed by atoms with E-state index >= 15 is 0 Å². The van der Waals surface area contributed by atoms with E-state index in [4.69, 9.17) is 25.1 Å². The first kappa shape index (κ1) is 27.0. The van der Waals surface area contributed by atoms with Crippen LogP contribution in [0.2, 0.25) is 0 Å². The molecule has 0 unspecified atom stereocenters. The van der Waals surface area contributed by atoms with Gasteiger partial charge in [-0.05, 0) is 68.2 Å². The van der Waals surface area contributed by atoms with Gasteiger partial charge in [-0.15, -0.1) is 0 Å². The van der Waals surface area contributed by atoms with Crippen molar-refractivity contribution < 1.29 is 4.42 Å². The van der Waals surface area contributed by atoms with Crippen LogP contribution in [0.1, 0.15) is 18.3 Å². The lowest BCUT2D eigenvalue weighted by atomic mass is 9.95. The largest absolute Gasteiger partial charge is 0.440 e. The first-order valence-corrected chi connectivity index (χ1v) is 15.7. The van der Waals surface area contributed by atoms with Gasteiger partial charge < -0.3 is 10.2 Å². The van der Waals surface area contributed by atoms with Crippen molar-refractivity contribution in [3.05, 3.63) is 151 Å². The number of benzene rings is 7. The van der Waals surface area contributed by atoms with Crippen molar-refractivity contribution in [2.75, 3.05) is 5.73 Å². The molecular formula is C42H28N4O. The summed E-state index contributed by atoms with van der Waals surface area (Å²) in [7, 11) is 0. The first-order chi connectivity index (χ1) is 23.1. The molecule has 0 spiro atoms. The van der Waals surface area contributed by atoms with Gasteiger partial charge in [0.15, 0.2) is 23.4 Å². The molecule has 0 atom stereocenters. The maximum Gasteiger partial charge on any atom is 0.199 e. The standard InChI is InChI=1S/C42H28N4O/c1-2-32(38-35-13-7-8-14-36(35)47-39(38)43)42-45-40(30-20-15-25-9-3-4-11-28(25)23-30)44-41(46-42)31-21-22-34-29(24-31)19-18-27-17-16-26-10-5-6-12-33(26)37(27)34/h2-24H,43H2,1H3/b32-2+. The second-order valence-corrected chi connectivity index (χ2v) is 11.8. The number of allylic oxidation sites excluding steroid dienone is 1. The molecule has 0 radical (unpaired) electrons. The third-order valence-electron chi connectivity index (χ3n) is 9.05. The van der Waals surface area contributed by atoms with Crippen LogP contribution in [0.15, 0.2) is 144 Å². The highest BCUT2D eigenvalue weighted by Crippen LogP contribution is 2.38. The molecular weight excluding hydrogens is 576 g/mol. The van der Waals surface area contributed by atoms with Crippen LogP contribution in [-0.4, -0.2) is 15.0 Å². The second-order valence-electron chi connectivity index (χ2n) is 11.8. The maximum atomic E-state index is 6.50. The maximum absolute atomic E-state index is 6.50. The highest BCUT2D eigenvalue weighted by Gasteiger charge is 2.21. The van der Waals surface area contributed by atoms with Crippen molar-refractivity contribution in [2.24, 2.45) is 0 Å². The van der Waals surface area contributed by atoms with Crippen LogP contribution in [0, 0.1) is 0 Å². The van der Waals surface area contributed by atoms with Crippen molar-refractivity contribution in [2.45, 2.75) is 6.92 Å². The fourth-order valence-corrected chi connectivity index (χ4v) is 6.79. The predicted molar refractivity (Wildman–Crippen MR) is 194 cm³/mol. The Morgan fingerprint density at radius 3 is 1.91 bits per heavy atom. The summed E-state index contributed by atoms with van der Waals surface area (Å²) in [4.78, 5) is 15.2. The van der Waals surface area contributed by atoms with Gasteiger partial charge in [0, 0.05) is 22.1 Å². The highest BCUT2D eigenvalue weighted by atomic mass is 16.3. The zero-order valence-corrected chi connectivity index (χ0v) is 25.6. The number of nitrogen functional groups attached to an aromatic ring is 1. The molecule has 0 aliphatic carbocycles. The molecule has 0 fully saturated rings. The van der Waals surface area contributed by atoms with Gasteiger partial charge in [-0.2, -0.15) is 0 Å². The van der Waals surface area contributed by atoms with Crippen molar-refractivity contribution in [3.8, 4) is 22.8 Å². The lowest BCUT2D eigenvalue weighted by Gasteiger charge is -2.12. The summed E-state index contributed by atoms with van der Waals surface area (Å²) in [5.74, 6) is 2.04. The van der Waals surface area contributed by atoms with Crippen LogP contribution in [0.3, 0.4) is 0 Å². The number of fused-ring (bicyclic) bond motifs is 7. The molecule has 47 heavy (non-hydrogen) atoms. The third kappa shape index (κ3) is 4.43. The monoisotopic (exact) mass is 604 g/mol. The van der Waals surface area contributed by atoms with Gasteiger partial charge in [0.05, 0.1) is 5.56 Å². The van der Waals surface area contributed by atoms with E-state index in [1.54, 1.807) is 0 Å². The number of anilines is 1. The second kappa shape index (κ2) is 10.6. The average Bonchev–Trinajstić information content (AvgIpc) is 3.46. The van der Waals surface area contributed by atoms with E-state index in [0.717, 1.165) is 49.4 Å². The summed E-state index contributed by atoms with van der Waals surface area (Å²) >= 11 is 0. The molecule has 0 aliphatic heterocycles. The molecule has 0 bridgehead atoms. The molecule has 9 aromatic rings. The van der Waals surface area contributed by atoms with Crippen LogP contribution >= 0.6 is 0 Å². The Kier molecular flexibility index (Phi) is 6.12. The number of nitrogens with zero attached hydrogens (tertiary/aromatic N) is 3. The summed E-state index contributed by atoms with van der Waals surface area (Å²) in [6.45, 7) is 1.97. The number of hydrogen-bond donors (Lipinski definition) is 1. The Balaban J connectivity index is 1.27. The number of para-hydroxylation sites is 1. The molecule has 2 heterocycles. The molecule has 5 nitrogen and oxygen atoms in total. The number of nitrogens with two attached hydrogens (primary N) is 1. The molecule has 2 N–H and O–H groups in total. The minimum atomic E-state index is 0.332. The molecule has 222 valence electrons. The molecule has 0 saturated carbocycles. The molecule has 2 aromatic heterocycles. The van der Waals surface area contributed by atoms with Crippen molar-refractivity contribution >= 4 is 65.5 Å². The lowest BCUT2D eigenvalue weighted by molar-refractivity contribution is 0.636.